The molecule has 51 heavy (non-hydrogen) atoms. The molecule has 11 heteroatoms. The molecule has 3 amide bonds. The van der Waals surface area contributed by atoms with Crippen LogP contribution in [-0.2, 0) is 44.9 Å². The molecule has 6 rings (SSSR count). The lowest BCUT2D eigenvalue weighted by Crippen LogP contribution is -2.58. The van der Waals surface area contributed by atoms with Gasteiger partial charge < -0.3 is 36.8 Å². The third-order valence-electron chi connectivity index (χ3n) is 9.00. The van der Waals surface area contributed by atoms with E-state index in [9.17, 15) is 24.3 Å². The standard InChI is InChI=1S/C40H40N6O5/c41-31(21-27-23-42-32-17-9-7-15-29(27)32)37(47)44-34(19-25-11-3-1-4-12-25)38(48)45-35(20-26-13-5-2-6-14-26)39(49)46-36(40(50)51)22-28-24-43-33-18-10-8-16-30(28)33/h1-18,23-24,31,34-36,42-43H,19-22,41H2,(H,44,47)(H,45,48)(H,46,49)(H,50,51). The van der Waals surface area contributed by atoms with Crippen LogP contribution in [0.5, 0.6) is 0 Å². The normalized spacial score (nSPS) is 13.6. The van der Waals surface area contributed by atoms with Crippen molar-refractivity contribution in [3.63, 3.8) is 0 Å². The number of aliphatic carboxylic acids is 1. The summed E-state index contributed by atoms with van der Waals surface area (Å²) in [5.74, 6) is -3.01. The summed E-state index contributed by atoms with van der Waals surface area (Å²) < 4.78 is 0. The van der Waals surface area contributed by atoms with Gasteiger partial charge in [0.15, 0.2) is 0 Å². The lowest BCUT2D eigenvalue weighted by atomic mass is 10.0. The quantitative estimate of drug-likeness (QED) is 0.0864. The minimum absolute atomic E-state index is 0.0259. The highest BCUT2D eigenvalue weighted by Crippen LogP contribution is 2.20. The number of nitrogens with two attached hydrogens (primary N) is 1. The largest absolute Gasteiger partial charge is 0.480 e. The highest BCUT2D eigenvalue weighted by atomic mass is 16.4. The molecular formula is C40H40N6O5. The third-order valence-corrected chi connectivity index (χ3v) is 9.00. The van der Waals surface area contributed by atoms with E-state index in [0.29, 0.717) is 0 Å². The molecule has 260 valence electrons. The van der Waals surface area contributed by atoms with E-state index in [4.69, 9.17) is 5.73 Å². The maximum Gasteiger partial charge on any atom is 0.326 e. The Balaban J connectivity index is 1.21. The van der Waals surface area contributed by atoms with Crippen LogP contribution in [0.1, 0.15) is 22.3 Å². The molecule has 4 aromatic carbocycles. The van der Waals surface area contributed by atoms with Crippen LogP contribution < -0.4 is 21.7 Å². The van der Waals surface area contributed by atoms with E-state index >= 15 is 0 Å². The van der Waals surface area contributed by atoms with E-state index in [1.54, 1.807) is 6.20 Å². The molecule has 4 unspecified atom stereocenters. The molecule has 6 aromatic rings. The molecule has 8 N–H and O–H groups in total. The second kappa shape index (κ2) is 16.0. The van der Waals surface area contributed by atoms with Gasteiger partial charge in [-0.3, -0.25) is 14.4 Å². The number of carbonyl (C=O) groups is 4. The molecule has 0 aliphatic carbocycles. The number of hydrogen-bond donors (Lipinski definition) is 7. The van der Waals surface area contributed by atoms with Crippen molar-refractivity contribution >= 4 is 45.5 Å². The Morgan fingerprint density at radius 1 is 0.529 bits per heavy atom. The Morgan fingerprint density at radius 2 is 0.941 bits per heavy atom. The SMILES string of the molecule is NC(Cc1c[nH]c2ccccc12)C(=O)NC(Cc1ccccc1)C(=O)NC(Cc1ccccc1)C(=O)NC(Cc1c[nH]c2ccccc12)C(=O)O. The van der Waals surface area contributed by atoms with Gasteiger partial charge in [-0.15, -0.1) is 0 Å². The first-order valence-electron chi connectivity index (χ1n) is 16.8. The number of carbonyl (C=O) groups excluding carboxylic acids is 3. The van der Waals surface area contributed by atoms with Crippen LogP contribution in [-0.4, -0.2) is 62.9 Å². The van der Waals surface area contributed by atoms with Crippen LogP contribution in [0, 0.1) is 0 Å². The highest BCUT2D eigenvalue weighted by Gasteiger charge is 2.31. The molecule has 0 radical (unpaired) electrons. The maximum absolute atomic E-state index is 14.1. The second-order valence-electron chi connectivity index (χ2n) is 12.6. The summed E-state index contributed by atoms with van der Waals surface area (Å²) in [5.41, 5.74) is 11.3. The number of hydrogen-bond acceptors (Lipinski definition) is 5. The summed E-state index contributed by atoms with van der Waals surface area (Å²) in [7, 11) is 0. The summed E-state index contributed by atoms with van der Waals surface area (Å²) >= 11 is 0. The molecule has 0 saturated heterocycles. The molecule has 0 saturated carbocycles. The van der Waals surface area contributed by atoms with Crippen molar-refractivity contribution in [3.8, 4) is 0 Å². The summed E-state index contributed by atoms with van der Waals surface area (Å²) in [6.07, 6.45) is 4.04. The zero-order chi connectivity index (χ0) is 35.7. The van der Waals surface area contributed by atoms with Gasteiger partial charge in [0, 0.05) is 53.5 Å². The van der Waals surface area contributed by atoms with Gasteiger partial charge in [0.05, 0.1) is 6.04 Å². The Labute approximate surface area is 294 Å². The Kier molecular flexibility index (Phi) is 10.9. The van der Waals surface area contributed by atoms with Crippen molar-refractivity contribution in [3.05, 3.63) is 144 Å². The molecule has 4 atom stereocenters. The van der Waals surface area contributed by atoms with E-state index in [2.05, 4.69) is 25.9 Å². The average Bonchev–Trinajstić information content (AvgIpc) is 3.75. The molecule has 0 fully saturated rings. The highest BCUT2D eigenvalue weighted by molar-refractivity contribution is 5.95. The third kappa shape index (κ3) is 8.70. The number of carboxylic acids is 1. The topological polar surface area (TPSA) is 182 Å². The fourth-order valence-corrected chi connectivity index (χ4v) is 6.29. The van der Waals surface area contributed by atoms with Crippen molar-refractivity contribution in [2.75, 3.05) is 0 Å². The van der Waals surface area contributed by atoms with Crippen LogP contribution in [0.4, 0.5) is 0 Å². The molecule has 11 nitrogen and oxygen atoms in total. The fraction of sp³-hybridized carbons (Fsp3) is 0.200. The van der Waals surface area contributed by atoms with Crippen molar-refractivity contribution in [1.29, 1.82) is 0 Å². The smallest absolute Gasteiger partial charge is 0.326 e. The number of nitrogens with one attached hydrogen (secondary N) is 5. The number of H-pyrrole nitrogens is 2. The van der Waals surface area contributed by atoms with E-state index in [0.717, 1.165) is 44.1 Å². The lowest BCUT2D eigenvalue weighted by molar-refractivity contribution is -0.142. The van der Waals surface area contributed by atoms with Gasteiger partial charge in [-0.1, -0.05) is 97.1 Å². The van der Waals surface area contributed by atoms with Gasteiger partial charge in [-0.25, -0.2) is 4.79 Å². The van der Waals surface area contributed by atoms with Crippen molar-refractivity contribution in [1.82, 2.24) is 25.9 Å². The zero-order valence-electron chi connectivity index (χ0n) is 27.8. The van der Waals surface area contributed by atoms with Gasteiger partial charge in [0.25, 0.3) is 0 Å². The number of carboxylic acid groups (broad SMARTS) is 1. The summed E-state index contributed by atoms with van der Waals surface area (Å²) in [6.45, 7) is 0. The predicted octanol–water partition coefficient (Wildman–Crippen LogP) is 3.79. The zero-order valence-corrected chi connectivity index (χ0v) is 27.8. The first kappa shape index (κ1) is 34.7. The van der Waals surface area contributed by atoms with Gasteiger partial charge >= 0.3 is 5.97 Å². The van der Waals surface area contributed by atoms with Crippen LogP contribution in [0.3, 0.4) is 0 Å². The minimum Gasteiger partial charge on any atom is -0.480 e. The van der Waals surface area contributed by atoms with E-state index in [1.807, 2.05) is 115 Å². The Hall–Kier alpha value is -6.20. The lowest BCUT2D eigenvalue weighted by Gasteiger charge is -2.25. The van der Waals surface area contributed by atoms with Crippen molar-refractivity contribution in [2.24, 2.45) is 5.73 Å². The number of amides is 3. The van der Waals surface area contributed by atoms with Crippen LogP contribution in [0.25, 0.3) is 21.8 Å². The number of aromatic nitrogens is 2. The van der Waals surface area contributed by atoms with E-state index in [-0.39, 0.29) is 25.7 Å². The fourth-order valence-electron chi connectivity index (χ4n) is 6.29. The summed E-state index contributed by atoms with van der Waals surface area (Å²) in [4.78, 5) is 60.2. The average molecular weight is 685 g/mol. The van der Waals surface area contributed by atoms with Gasteiger partial charge in [-0.05, 0) is 40.8 Å². The van der Waals surface area contributed by atoms with Crippen molar-refractivity contribution < 1.29 is 24.3 Å². The summed E-state index contributed by atoms with van der Waals surface area (Å²) in [6, 6.07) is 29.1. The van der Waals surface area contributed by atoms with Crippen LogP contribution in [0.15, 0.2) is 122 Å². The van der Waals surface area contributed by atoms with Crippen molar-refractivity contribution in [2.45, 2.75) is 49.9 Å². The molecule has 2 heterocycles. The monoisotopic (exact) mass is 684 g/mol. The molecule has 0 aliphatic heterocycles. The van der Waals surface area contributed by atoms with Gasteiger partial charge in [0.1, 0.15) is 18.1 Å². The van der Waals surface area contributed by atoms with Crippen LogP contribution in [0.2, 0.25) is 0 Å². The molecule has 0 aliphatic rings. The number of benzene rings is 4. The first-order valence-corrected chi connectivity index (χ1v) is 16.8. The first-order chi connectivity index (χ1) is 24.7. The molecule has 0 bridgehead atoms. The van der Waals surface area contributed by atoms with Crippen LogP contribution >= 0.6 is 0 Å². The Morgan fingerprint density at radius 3 is 1.43 bits per heavy atom. The number of rotatable bonds is 15. The van der Waals surface area contributed by atoms with Gasteiger partial charge in [0.2, 0.25) is 17.7 Å². The van der Waals surface area contributed by atoms with E-state index < -0.39 is 47.9 Å². The van der Waals surface area contributed by atoms with Gasteiger partial charge in [-0.2, -0.15) is 0 Å². The maximum atomic E-state index is 14.1. The minimum atomic E-state index is -1.27. The Bertz CT molecular complexity index is 2130. The second-order valence-corrected chi connectivity index (χ2v) is 12.6. The molecule has 0 spiro atoms. The predicted molar refractivity (Wildman–Crippen MR) is 196 cm³/mol. The van der Waals surface area contributed by atoms with E-state index in [1.165, 1.54) is 0 Å². The number of aromatic amines is 2. The summed E-state index contributed by atoms with van der Waals surface area (Å²) in [5, 5.41) is 20.2. The molecule has 2 aromatic heterocycles. The molecular weight excluding hydrogens is 644 g/mol. The number of para-hydroxylation sites is 2. The number of fused-ring (bicyclic) bond motifs is 2.